The Morgan fingerprint density at radius 1 is 1.00 bits per heavy atom. The number of amides is 3. The van der Waals surface area contributed by atoms with E-state index in [-0.39, 0.29) is 25.7 Å². The third-order valence-electron chi connectivity index (χ3n) is 4.08. The largest absolute Gasteiger partial charge is 0.454 e. The highest BCUT2D eigenvalue weighted by Gasteiger charge is 2.19. The molecule has 1 aliphatic heterocycles. The van der Waals surface area contributed by atoms with Crippen LogP contribution in [0.15, 0.2) is 42.5 Å². The number of benzene rings is 2. The fourth-order valence-corrected chi connectivity index (χ4v) is 2.62. The van der Waals surface area contributed by atoms with Gasteiger partial charge in [0.05, 0.1) is 18.6 Å². The van der Waals surface area contributed by atoms with Crippen LogP contribution in [0.5, 0.6) is 11.5 Å². The van der Waals surface area contributed by atoms with Crippen molar-refractivity contribution in [3.63, 3.8) is 0 Å². The van der Waals surface area contributed by atoms with Crippen molar-refractivity contribution in [3.05, 3.63) is 48.0 Å². The molecule has 1 aliphatic rings. The van der Waals surface area contributed by atoms with Crippen LogP contribution in [0.1, 0.15) is 19.4 Å². The SMILES string of the molecule is CC(C)(CO)NC(=O)Cc1ccc(NC(=O)Nc2ccc3c(c2)OCO3)cc1. The van der Waals surface area contributed by atoms with Gasteiger partial charge in [0.25, 0.3) is 0 Å². The predicted octanol–water partition coefficient (Wildman–Crippen LogP) is 2.49. The summed E-state index contributed by atoms with van der Waals surface area (Å²) in [4.78, 5) is 24.2. The Morgan fingerprint density at radius 3 is 2.36 bits per heavy atom. The zero-order valence-electron chi connectivity index (χ0n) is 15.7. The molecule has 0 bridgehead atoms. The van der Waals surface area contributed by atoms with E-state index < -0.39 is 11.6 Å². The van der Waals surface area contributed by atoms with Crippen LogP contribution in [0.25, 0.3) is 0 Å². The van der Waals surface area contributed by atoms with Gasteiger partial charge in [-0.2, -0.15) is 0 Å². The van der Waals surface area contributed by atoms with Gasteiger partial charge in [-0.15, -0.1) is 0 Å². The number of anilines is 2. The highest BCUT2D eigenvalue weighted by molar-refractivity contribution is 6.00. The topological polar surface area (TPSA) is 109 Å². The Kier molecular flexibility index (Phi) is 5.70. The lowest BCUT2D eigenvalue weighted by atomic mass is 10.1. The number of urea groups is 1. The third kappa shape index (κ3) is 5.14. The fourth-order valence-electron chi connectivity index (χ4n) is 2.62. The summed E-state index contributed by atoms with van der Waals surface area (Å²) in [5, 5.41) is 17.4. The van der Waals surface area contributed by atoms with Crippen molar-refractivity contribution in [2.45, 2.75) is 25.8 Å². The van der Waals surface area contributed by atoms with Gasteiger partial charge >= 0.3 is 6.03 Å². The standard InChI is InChI=1S/C20H23N3O5/c1-20(2,11-24)23-18(25)9-13-3-5-14(6-4-13)21-19(26)22-15-7-8-16-17(10-15)28-12-27-16/h3-8,10,24H,9,11-12H2,1-2H3,(H,23,25)(H2,21,22,26). The normalized spacial score (nSPS) is 12.4. The number of hydrogen-bond acceptors (Lipinski definition) is 5. The van der Waals surface area contributed by atoms with Crippen molar-refractivity contribution < 1.29 is 24.2 Å². The van der Waals surface area contributed by atoms with Gasteiger partial charge in [-0.3, -0.25) is 4.79 Å². The molecule has 0 radical (unpaired) electrons. The van der Waals surface area contributed by atoms with Crippen LogP contribution in [0, 0.1) is 0 Å². The van der Waals surface area contributed by atoms with E-state index in [1.165, 1.54) is 0 Å². The smallest absolute Gasteiger partial charge is 0.323 e. The molecule has 0 unspecified atom stereocenters. The number of aliphatic hydroxyl groups excluding tert-OH is 1. The average Bonchev–Trinajstić information content (AvgIpc) is 3.10. The lowest BCUT2D eigenvalue weighted by molar-refractivity contribution is -0.122. The maximum atomic E-state index is 12.2. The minimum Gasteiger partial charge on any atom is -0.454 e. The first-order valence-corrected chi connectivity index (χ1v) is 8.83. The van der Waals surface area contributed by atoms with Crippen molar-refractivity contribution in [1.29, 1.82) is 0 Å². The highest BCUT2D eigenvalue weighted by Crippen LogP contribution is 2.34. The first kappa shape index (κ1) is 19.5. The van der Waals surface area contributed by atoms with Gasteiger partial charge < -0.3 is 30.5 Å². The second-order valence-electron chi connectivity index (χ2n) is 7.11. The van der Waals surface area contributed by atoms with E-state index in [1.54, 1.807) is 56.3 Å². The second kappa shape index (κ2) is 8.18. The summed E-state index contributed by atoms with van der Waals surface area (Å²) < 4.78 is 10.5. The molecule has 0 spiro atoms. The van der Waals surface area contributed by atoms with Gasteiger partial charge in [0.15, 0.2) is 11.5 Å². The summed E-state index contributed by atoms with van der Waals surface area (Å²) >= 11 is 0. The van der Waals surface area contributed by atoms with Gasteiger partial charge in [-0.1, -0.05) is 12.1 Å². The van der Waals surface area contributed by atoms with Gasteiger partial charge in [-0.05, 0) is 43.7 Å². The zero-order valence-corrected chi connectivity index (χ0v) is 15.7. The summed E-state index contributed by atoms with van der Waals surface area (Å²) in [6, 6.07) is 11.7. The Bertz CT molecular complexity index is 865. The van der Waals surface area contributed by atoms with E-state index in [9.17, 15) is 14.7 Å². The van der Waals surface area contributed by atoms with Crippen LogP contribution in [0.4, 0.5) is 16.2 Å². The molecular weight excluding hydrogens is 362 g/mol. The van der Waals surface area contributed by atoms with Crippen molar-refractivity contribution in [2.24, 2.45) is 0 Å². The number of fused-ring (bicyclic) bond motifs is 1. The van der Waals surface area contributed by atoms with Crippen LogP contribution in [0.3, 0.4) is 0 Å². The molecular formula is C20H23N3O5. The molecule has 0 saturated heterocycles. The van der Waals surface area contributed by atoms with E-state index in [2.05, 4.69) is 16.0 Å². The molecule has 3 rings (SSSR count). The van der Waals surface area contributed by atoms with Gasteiger partial charge in [-0.25, -0.2) is 4.79 Å². The van der Waals surface area contributed by atoms with Crippen molar-refractivity contribution in [1.82, 2.24) is 5.32 Å². The number of aliphatic hydroxyl groups is 1. The van der Waals surface area contributed by atoms with E-state index in [0.717, 1.165) is 5.56 Å². The molecule has 1 heterocycles. The quantitative estimate of drug-likeness (QED) is 0.611. The maximum absolute atomic E-state index is 12.2. The van der Waals surface area contributed by atoms with Crippen LogP contribution < -0.4 is 25.4 Å². The molecule has 0 aliphatic carbocycles. The second-order valence-corrected chi connectivity index (χ2v) is 7.11. The number of ether oxygens (including phenoxy) is 2. The molecule has 8 nitrogen and oxygen atoms in total. The van der Waals surface area contributed by atoms with Crippen LogP contribution in [0.2, 0.25) is 0 Å². The molecule has 0 atom stereocenters. The third-order valence-corrected chi connectivity index (χ3v) is 4.08. The molecule has 0 saturated carbocycles. The molecule has 0 fully saturated rings. The highest BCUT2D eigenvalue weighted by atomic mass is 16.7. The van der Waals surface area contributed by atoms with Crippen molar-refractivity contribution in [2.75, 3.05) is 24.0 Å². The maximum Gasteiger partial charge on any atom is 0.323 e. The van der Waals surface area contributed by atoms with E-state index in [4.69, 9.17) is 9.47 Å². The average molecular weight is 385 g/mol. The van der Waals surface area contributed by atoms with Crippen molar-refractivity contribution >= 4 is 23.3 Å². The molecule has 2 aromatic rings. The number of rotatable bonds is 6. The molecule has 2 aromatic carbocycles. The number of carbonyl (C=O) groups is 2. The molecule has 0 aromatic heterocycles. The molecule has 4 N–H and O–H groups in total. The lowest BCUT2D eigenvalue weighted by Gasteiger charge is -2.23. The van der Waals surface area contributed by atoms with Gasteiger partial charge in [0.2, 0.25) is 12.7 Å². The zero-order chi connectivity index (χ0) is 20.1. The van der Waals surface area contributed by atoms with Crippen LogP contribution in [-0.4, -0.2) is 36.0 Å². The Labute approximate surface area is 162 Å². The summed E-state index contributed by atoms with van der Waals surface area (Å²) in [7, 11) is 0. The van der Waals surface area contributed by atoms with E-state index in [0.29, 0.717) is 22.9 Å². The summed E-state index contributed by atoms with van der Waals surface area (Å²) in [5.41, 5.74) is 1.32. The van der Waals surface area contributed by atoms with Crippen molar-refractivity contribution in [3.8, 4) is 11.5 Å². The minimum absolute atomic E-state index is 0.139. The Balaban J connectivity index is 1.52. The van der Waals surface area contributed by atoms with E-state index in [1.807, 2.05) is 0 Å². The van der Waals surface area contributed by atoms with Gasteiger partial charge in [0, 0.05) is 17.4 Å². The van der Waals surface area contributed by atoms with Gasteiger partial charge in [0.1, 0.15) is 0 Å². The fraction of sp³-hybridized carbons (Fsp3) is 0.300. The monoisotopic (exact) mass is 385 g/mol. The first-order chi connectivity index (χ1) is 13.3. The summed E-state index contributed by atoms with van der Waals surface area (Å²) in [6.45, 7) is 3.53. The lowest BCUT2D eigenvalue weighted by Crippen LogP contribution is -2.46. The van der Waals surface area contributed by atoms with Crippen LogP contribution >= 0.6 is 0 Å². The number of hydrogen-bond donors (Lipinski definition) is 4. The summed E-state index contributed by atoms with van der Waals surface area (Å²) in [6.07, 6.45) is 0.188. The first-order valence-electron chi connectivity index (χ1n) is 8.83. The minimum atomic E-state index is -0.661. The Hall–Kier alpha value is -3.26. The number of carbonyl (C=O) groups excluding carboxylic acids is 2. The van der Waals surface area contributed by atoms with Crippen LogP contribution in [-0.2, 0) is 11.2 Å². The molecule has 8 heteroatoms. The molecule has 28 heavy (non-hydrogen) atoms. The molecule has 148 valence electrons. The Morgan fingerprint density at radius 2 is 1.64 bits per heavy atom. The molecule has 3 amide bonds. The van der Waals surface area contributed by atoms with E-state index >= 15 is 0 Å². The predicted molar refractivity (Wildman–Crippen MR) is 105 cm³/mol. The summed E-state index contributed by atoms with van der Waals surface area (Å²) in [5.74, 6) is 1.05. The number of nitrogens with one attached hydrogen (secondary N) is 3.